The zero-order valence-electron chi connectivity index (χ0n) is 16.6. The van der Waals surface area contributed by atoms with Crippen LogP contribution in [0.3, 0.4) is 0 Å². The van der Waals surface area contributed by atoms with Gasteiger partial charge in [0.05, 0.1) is 6.42 Å². The van der Waals surface area contributed by atoms with Crippen LogP contribution >= 0.6 is 34.8 Å². The van der Waals surface area contributed by atoms with Crippen LogP contribution in [0.2, 0.25) is 15.1 Å². The van der Waals surface area contributed by atoms with Crippen molar-refractivity contribution in [3.63, 3.8) is 0 Å². The number of nitrogens with zero attached hydrogens (tertiary/aromatic N) is 1. The van der Waals surface area contributed by atoms with E-state index in [2.05, 4.69) is 12.2 Å². The number of carbonyl (C=O) groups excluding carboxylic acids is 2. The minimum atomic E-state index is -0.651. The normalized spacial score (nSPS) is 11.8. The summed E-state index contributed by atoms with van der Waals surface area (Å²) < 4.78 is 0. The standard InChI is InChI=1S/C22H25Cl3N2O2/c1-3-4-11-26-22(29)15(2)27(14-17-7-5-6-8-19(17)24)21(28)12-16-9-10-18(23)13-20(16)25/h5-10,13,15H,3-4,11-12,14H2,1-2H3,(H,26,29)/t15-/m1/s1. The lowest BCUT2D eigenvalue weighted by Crippen LogP contribution is -2.48. The first-order chi connectivity index (χ1) is 13.8. The van der Waals surface area contributed by atoms with Crippen molar-refractivity contribution in [1.82, 2.24) is 10.2 Å². The van der Waals surface area contributed by atoms with E-state index >= 15 is 0 Å². The van der Waals surface area contributed by atoms with Crippen molar-refractivity contribution in [1.29, 1.82) is 0 Å². The summed E-state index contributed by atoms with van der Waals surface area (Å²) in [6.45, 7) is 4.58. The van der Waals surface area contributed by atoms with Crippen LogP contribution in [-0.4, -0.2) is 29.3 Å². The van der Waals surface area contributed by atoms with E-state index in [1.165, 1.54) is 4.90 Å². The Bertz CT molecular complexity index is 858. The fraction of sp³-hybridized carbons (Fsp3) is 0.364. The predicted octanol–water partition coefficient (Wildman–Crippen LogP) is 5.52. The molecule has 1 N–H and O–H groups in total. The molecule has 4 nitrogen and oxygen atoms in total. The summed E-state index contributed by atoms with van der Waals surface area (Å²) in [7, 11) is 0. The van der Waals surface area contributed by atoms with Crippen molar-refractivity contribution in [2.24, 2.45) is 0 Å². The average molecular weight is 456 g/mol. The predicted molar refractivity (Wildman–Crippen MR) is 120 cm³/mol. The third-order valence-electron chi connectivity index (χ3n) is 4.65. The molecular weight excluding hydrogens is 431 g/mol. The summed E-state index contributed by atoms with van der Waals surface area (Å²) >= 11 is 18.5. The van der Waals surface area contributed by atoms with Gasteiger partial charge in [0.25, 0.3) is 0 Å². The quantitative estimate of drug-likeness (QED) is 0.506. The van der Waals surface area contributed by atoms with Gasteiger partial charge in [-0.25, -0.2) is 0 Å². The van der Waals surface area contributed by atoms with E-state index in [9.17, 15) is 9.59 Å². The van der Waals surface area contributed by atoms with Gasteiger partial charge in [-0.2, -0.15) is 0 Å². The number of unbranched alkanes of at least 4 members (excludes halogenated alkanes) is 1. The molecule has 0 unspecified atom stereocenters. The van der Waals surface area contributed by atoms with Crippen LogP contribution < -0.4 is 5.32 Å². The second kappa shape index (κ2) is 11.4. The van der Waals surface area contributed by atoms with Crippen LogP contribution in [0.1, 0.15) is 37.8 Å². The Kier molecular flexibility index (Phi) is 9.28. The summed E-state index contributed by atoms with van der Waals surface area (Å²) in [4.78, 5) is 27.3. The highest BCUT2D eigenvalue weighted by Crippen LogP contribution is 2.24. The number of benzene rings is 2. The Labute approximate surface area is 187 Å². The summed E-state index contributed by atoms with van der Waals surface area (Å²) in [5.74, 6) is -0.409. The topological polar surface area (TPSA) is 49.4 Å². The molecule has 0 saturated carbocycles. The van der Waals surface area contributed by atoms with Crippen molar-refractivity contribution in [3.8, 4) is 0 Å². The Morgan fingerprint density at radius 2 is 1.76 bits per heavy atom. The molecule has 2 aromatic rings. The van der Waals surface area contributed by atoms with E-state index in [0.717, 1.165) is 18.4 Å². The highest BCUT2D eigenvalue weighted by molar-refractivity contribution is 6.35. The molecule has 0 aromatic heterocycles. The van der Waals surface area contributed by atoms with Gasteiger partial charge >= 0.3 is 0 Å². The van der Waals surface area contributed by atoms with Gasteiger partial charge in [-0.05, 0) is 42.7 Å². The van der Waals surface area contributed by atoms with E-state index in [-0.39, 0.29) is 24.8 Å². The maximum atomic E-state index is 13.2. The molecule has 2 rings (SSSR count). The van der Waals surface area contributed by atoms with Gasteiger partial charge in [-0.1, -0.05) is 72.4 Å². The van der Waals surface area contributed by atoms with Gasteiger partial charge in [0, 0.05) is 28.2 Å². The third-order valence-corrected chi connectivity index (χ3v) is 5.61. The molecule has 7 heteroatoms. The first kappa shape index (κ1) is 23.5. The molecule has 0 spiro atoms. The average Bonchev–Trinajstić information content (AvgIpc) is 2.69. The van der Waals surface area contributed by atoms with Gasteiger partial charge in [-0.15, -0.1) is 0 Å². The van der Waals surface area contributed by atoms with Crippen molar-refractivity contribution < 1.29 is 9.59 Å². The number of hydrogen-bond donors (Lipinski definition) is 1. The van der Waals surface area contributed by atoms with Gasteiger partial charge in [-0.3, -0.25) is 9.59 Å². The van der Waals surface area contributed by atoms with Crippen molar-refractivity contribution in [3.05, 3.63) is 68.7 Å². The Hall–Kier alpha value is -1.75. The molecular formula is C22H25Cl3N2O2. The molecule has 2 aromatic carbocycles. The highest BCUT2D eigenvalue weighted by atomic mass is 35.5. The van der Waals surface area contributed by atoms with Crippen LogP contribution in [0.15, 0.2) is 42.5 Å². The third kappa shape index (κ3) is 6.91. The summed E-state index contributed by atoms with van der Waals surface area (Å²) in [5, 5.41) is 4.36. The lowest BCUT2D eigenvalue weighted by Gasteiger charge is -2.29. The highest BCUT2D eigenvalue weighted by Gasteiger charge is 2.27. The van der Waals surface area contributed by atoms with Crippen LogP contribution in [0.25, 0.3) is 0 Å². The van der Waals surface area contributed by atoms with Crippen LogP contribution in [-0.2, 0) is 22.6 Å². The SMILES string of the molecule is CCCCNC(=O)[C@@H](C)N(Cc1ccccc1Cl)C(=O)Cc1ccc(Cl)cc1Cl. The zero-order valence-corrected chi connectivity index (χ0v) is 18.8. The molecule has 0 aliphatic rings. The van der Waals surface area contributed by atoms with E-state index in [0.29, 0.717) is 27.2 Å². The number of hydrogen-bond acceptors (Lipinski definition) is 2. The van der Waals surface area contributed by atoms with Crippen molar-refractivity contribution >= 4 is 46.6 Å². The van der Waals surface area contributed by atoms with Crippen molar-refractivity contribution in [2.45, 2.75) is 45.7 Å². The Balaban J connectivity index is 2.23. The minimum Gasteiger partial charge on any atom is -0.354 e. The van der Waals surface area contributed by atoms with Gasteiger partial charge < -0.3 is 10.2 Å². The molecule has 1 atom stereocenters. The molecule has 29 heavy (non-hydrogen) atoms. The lowest BCUT2D eigenvalue weighted by atomic mass is 10.1. The van der Waals surface area contributed by atoms with E-state index < -0.39 is 6.04 Å². The Morgan fingerprint density at radius 1 is 1.03 bits per heavy atom. The van der Waals surface area contributed by atoms with E-state index in [4.69, 9.17) is 34.8 Å². The largest absolute Gasteiger partial charge is 0.354 e. The maximum Gasteiger partial charge on any atom is 0.242 e. The fourth-order valence-corrected chi connectivity index (χ4v) is 3.53. The monoisotopic (exact) mass is 454 g/mol. The number of nitrogens with one attached hydrogen (secondary N) is 1. The van der Waals surface area contributed by atoms with E-state index in [1.54, 1.807) is 31.2 Å². The molecule has 0 bridgehead atoms. The first-order valence-electron chi connectivity index (χ1n) is 9.58. The second-order valence-corrected chi connectivity index (χ2v) is 8.10. The van der Waals surface area contributed by atoms with Gasteiger partial charge in [0.1, 0.15) is 6.04 Å². The zero-order chi connectivity index (χ0) is 21.4. The second-order valence-electron chi connectivity index (χ2n) is 6.85. The van der Waals surface area contributed by atoms with Gasteiger partial charge in [0.2, 0.25) is 11.8 Å². The Morgan fingerprint density at radius 3 is 2.41 bits per heavy atom. The van der Waals surface area contributed by atoms with Crippen LogP contribution in [0, 0.1) is 0 Å². The molecule has 2 amide bonds. The molecule has 0 fully saturated rings. The summed E-state index contributed by atoms with van der Waals surface area (Å²) in [6, 6.07) is 11.7. The number of amides is 2. The maximum absolute atomic E-state index is 13.2. The minimum absolute atomic E-state index is 0.0625. The van der Waals surface area contributed by atoms with E-state index in [1.807, 2.05) is 18.2 Å². The molecule has 0 saturated heterocycles. The van der Waals surface area contributed by atoms with Gasteiger partial charge in [0.15, 0.2) is 0 Å². The smallest absolute Gasteiger partial charge is 0.242 e. The summed E-state index contributed by atoms with van der Waals surface area (Å²) in [6.07, 6.45) is 1.93. The number of rotatable bonds is 9. The molecule has 156 valence electrons. The summed E-state index contributed by atoms with van der Waals surface area (Å²) in [5.41, 5.74) is 1.43. The van der Waals surface area contributed by atoms with Crippen LogP contribution in [0.4, 0.5) is 0 Å². The van der Waals surface area contributed by atoms with Crippen LogP contribution in [0.5, 0.6) is 0 Å². The molecule has 0 radical (unpaired) electrons. The molecule has 0 heterocycles. The first-order valence-corrected chi connectivity index (χ1v) is 10.7. The molecule has 0 aliphatic heterocycles. The lowest BCUT2D eigenvalue weighted by molar-refractivity contribution is -0.140. The fourth-order valence-electron chi connectivity index (χ4n) is 2.86. The number of halogens is 3. The molecule has 0 aliphatic carbocycles. The number of carbonyl (C=O) groups is 2. The van der Waals surface area contributed by atoms with Crippen molar-refractivity contribution in [2.75, 3.05) is 6.54 Å².